The van der Waals surface area contributed by atoms with Crippen molar-refractivity contribution in [2.24, 2.45) is 5.92 Å². The standard InChI is InChI=1S/C6H9ClO3/c1-4(2-5(7)8)3-6(9)10/h4H,2-3H2,1H3,(H,9,10)/t4-/m0/s1. The molecule has 0 spiro atoms. The first kappa shape index (κ1) is 9.43. The lowest BCUT2D eigenvalue weighted by atomic mass is 10.1. The normalized spacial score (nSPS) is 12.6. The quantitative estimate of drug-likeness (QED) is 0.637. The minimum absolute atomic E-state index is 0.00153. The summed E-state index contributed by atoms with van der Waals surface area (Å²) in [6.07, 6.45) is 0.131. The Bertz CT molecular complexity index is 128. The topological polar surface area (TPSA) is 54.4 Å². The Morgan fingerprint density at radius 2 is 2.00 bits per heavy atom. The van der Waals surface area contributed by atoms with Crippen LogP contribution in [0.3, 0.4) is 0 Å². The van der Waals surface area contributed by atoms with E-state index >= 15 is 0 Å². The van der Waals surface area contributed by atoms with E-state index < -0.39 is 11.2 Å². The van der Waals surface area contributed by atoms with Crippen LogP contribution in [-0.2, 0) is 9.59 Å². The maximum absolute atomic E-state index is 10.2. The van der Waals surface area contributed by atoms with Crippen LogP contribution in [0.5, 0.6) is 0 Å². The maximum atomic E-state index is 10.2. The highest BCUT2D eigenvalue weighted by Gasteiger charge is 2.10. The zero-order valence-electron chi connectivity index (χ0n) is 5.63. The molecule has 0 aliphatic heterocycles. The van der Waals surface area contributed by atoms with Gasteiger partial charge in [0.1, 0.15) is 0 Å². The van der Waals surface area contributed by atoms with Crippen molar-refractivity contribution < 1.29 is 14.7 Å². The lowest BCUT2D eigenvalue weighted by Crippen LogP contribution is -2.06. The van der Waals surface area contributed by atoms with Gasteiger partial charge in [-0.1, -0.05) is 6.92 Å². The summed E-state index contributed by atoms with van der Waals surface area (Å²) in [7, 11) is 0. The monoisotopic (exact) mass is 164 g/mol. The van der Waals surface area contributed by atoms with Crippen molar-refractivity contribution in [3.05, 3.63) is 0 Å². The van der Waals surface area contributed by atoms with Crippen molar-refractivity contribution in [2.45, 2.75) is 19.8 Å². The van der Waals surface area contributed by atoms with Crippen LogP contribution in [0.4, 0.5) is 0 Å². The molecule has 0 heterocycles. The van der Waals surface area contributed by atoms with Gasteiger partial charge in [0.2, 0.25) is 5.24 Å². The summed E-state index contributed by atoms with van der Waals surface area (Å²) in [6, 6.07) is 0. The molecule has 58 valence electrons. The zero-order valence-corrected chi connectivity index (χ0v) is 6.39. The highest BCUT2D eigenvalue weighted by Crippen LogP contribution is 2.08. The number of rotatable bonds is 4. The van der Waals surface area contributed by atoms with Crippen molar-refractivity contribution >= 4 is 22.8 Å². The predicted octanol–water partition coefficient (Wildman–Crippen LogP) is 1.25. The highest BCUT2D eigenvalue weighted by atomic mass is 35.5. The third kappa shape index (κ3) is 5.56. The second-order valence-electron chi connectivity index (χ2n) is 2.26. The minimum Gasteiger partial charge on any atom is -0.481 e. The van der Waals surface area contributed by atoms with Gasteiger partial charge in [-0.05, 0) is 17.5 Å². The molecule has 0 aromatic carbocycles. The highest BCUT2D eigenvalue weighted by molar-refractivity contribution is 6.63. The smallest absolute Gasteiger partial charge is 0.303 e. The van der Waals surface area contributed by atoms with E-state index in [9.17, 15) is 9.59 Å². The number of carbonyl (C=O) groups excluding carboxylic acids is 1. The van der Waals surface area contributed by atoms with Crippen LogP contribution >= 0.6 is 11.6 Å². The third-order valence-corrected chi connectivity index (χ3v) is 1.19. The molecule has 4 heteroatoms. The number of hydrogen-bond donors (Lipinski definition) is 1. The molecule has 0 fully saturated rings. The molecule has 0 aliphatic carbocycles. The Morgan fingerprint density at radius 1 is 1.50 bits per heavy atom. The van der Waals surface area contributed by atoms with E-state index in [1.807, 2.05) is 0 Å². The first-order chi connectivity index (χ1) is 4.52. The van der Waals surface area contributed by atoms with Crippen LogP contribution in [0.25, 0.3) is 0 Å². The van der Waals surface area contributed by atoms with Crippen LogP contribution in [0.1, 0.15) is 19.8 Å². The van der Waals surface area contributed by atoms with Gasteiger partial charge in [-0.15, -0.1) is 0 Å². The summed E-state index contributed by atoms with van der Waals surface area (Å²) in [4.78, 5) is 20.2. The molecule has 0 saturated heterocycles. The fourth-order valence-corrected chi connectivity index (χ4v) is 0.908. The number of hydrogen-bond acceptors (Lipinski definition) is 2. The Kier molecular flexibility index (Phi) is 4.03. The average molecular weight is 165 g/mol. The van der Waals surface area contributed by atoms with Gasteiger partial charge in [0.25, 0.3) is 0 Å². The number of carboxylic acids is 1. The molecule has 0 aromatic rings. The summed E-state index contributed by atoms with van der Waals surface area (Å²) in [5.41, 5.74) is 0. The second kappa shape index (κ2) is 4.28. The molecule has 0 unspecified atom stereocenters. The van der Waals surface area contributed by atoms with Gasteiger partial charge >= 0.3 is 5.97 Å². The predicted molar refractivity (Wildman–Crippen MR) is 36.9 cm³/mol. The summed E-state index contributed by atoms with van der Waals surface area (Å²) in [5.74, 6) is -1.06. The van der Waals surface area contributed by atoms with Gasteiger partial charge in [0.05, 0.1) is 0 Å². The maximum Gasteiger partial charge on any atom is 0.303 e. The van der Waals surface area contributed by atoms with Crippen molar-refractivity contribution in [2.75, 3.05) is 0 Å². The molecule has 0 bridgehead atoms. The number of aliphatic carboxylic acids is 1. The van der Waals surface area contributed by atoms with Gasteiger partial charge in [-0.25, -0.2) is 0 Å². The van der Waals surface area contributed by atoms with Crippen LogP contribution < -0.4 is 0 Å². The van der Waals surface area contributed by atoms with E-state index in [1.54, 1.807) is 6.92 Å². The van der Waals surface area contributed by atoms with E-state index in [0.29, 0.717) is 0 Å². The fraction of sp³-hybridized carbons (Fsp3) is 0.667. The Balaban J connectivity index is 3.53. The lowest BCUT2D eigenvalue weighted by Gasteiger charge is -2.02. The number of halogens is 1. The Hall–Kier alpha value is -0.570. The first-order valence-corrected chi connectivity index (χ1v) is 3.30. The molecule has 0 aromatic heterocycles. The summed E-state index contributed by atoms with van der Waals surface area (Å²) in [6.45, 7) is 1.68. The Morgan fingerprint density at radius 3 is 2.30 bits per heavy atom. The molecule has 1 N–H and O–H groups in total. The van der Waals surface area contributed by atoms with E-state index in [-0.39, 0.29) is 18.8 Å². The molecule has 0 rings (SSSR count). The van der Waals surface area contributed by atoms with Crippen LogP contribution in [0, 0.1) is 5.92 Å². The first-order valence-electron chi connectivity index (χ1n) is 2.92. The van der Waals surface area contributed by atoms with Gasteiger partial charge in [0.15, 0.2) is 0 Å². The van der Waals surface area contributed by atoms with Crippen molar-refractivity contribution in [1.29, 1.82) is 0 Å². The van der Waals surface area contributed by atoms with Gasteiger partial charge < -0.3 is 5.11 Å². The SMILES string of the molecule is C[C@H](CC(=O)O)CC(=O)Cl. The molecule has 3 nitrogen and oxygen atoms in total. The summed E-state index contributed by atoms with van der Waals surface area (Å²) in [5, 5.41) is 7.76. The molecule has 10 heavy (non-hydrogen) atoms. The average Bonchev–Trinajstić information content (AvgIpc) is 1.58. The van der Waals surface area contributed by atoms with Crippen molar-refractivity contribution in [3.8, 4) is 0 Å². The Labute approximate surface area is 64.0 Å². The number of carbonyl (C=O) groups is 2. The van der Waals surface area contributed by atoms with E-state index in [2.05, 4.69) is 0 Å². The molecule has 1 atom stereocenters. The molecular weight excluding hydrogens is 156 g/mol. The van der Waals surface area contributed by atoms with Crippen LogP contribution in [-0.4, -0.2) is 16.3 Å². The third-order valence-electron chi connectivity index (χ3n) is 1.03. The molecule has 0 radical (unpaired) electrons. The van der Waals surface area contributed by atoms with E-state index in [4.69, 9.17) is 16.7 Å². The van der Waals surface area contributed by atoms with Gasteiger partial charge in [0, 0.05) is 12.8 Å². The molecule has 0 aliphatic rings. The summed E-state index contributed by atoms with van der Waals surface area (Å²) >= 11 is 5.02. The van der Waals surface area contributed by atoms with Gasteiger partial charge in [-0.3, -0.25) is 9.59 Å². The molecule has 0 amide bonds. The van der Waals surface area contributed by atoms with Crippen LogP contribution in [0.2, 0.25) is 0 Å². The fourth-order valence-electron chi connectivity index (χ4n) is 0.644. The largest absolute Gasteiger partial charge is 0.481 e. The minimum atomic E-state index is -0.898. The van der Waals surface area contributed by atoms with Crippen molar-refractivity contribution in [1.82, 2.24) is 0 Å². The van der Waals surface area contributed by atoms with Gasteiger partial charge in [-0.2, -0.15) is 0 Å². The summed E-state index contributed by atoms with van der Waals surface area (Å²) < 4.78 is 0. The molecule has 0 saturated carbocycles. The molecular formula is C6H9ClO3. The van der Waals surface area contributed by atoms with E-state index in [1.165, 1.54) is 0 Å². The zero-order chi connectivity index (χ0) is 8.15. The lowest BCUT2D eigenvalue weighted by molar-refractivity contribution is -0.138. The van der Waals surface area contributed by atoms with Crippen LogP contribution in [0.15, 0.2) is 0 Å². The van der Waals surface area contributed by atoms with Crippen molar-refractivity contribution in [3.63, 3.8) is 0 Å². The number of carboxylic acid groups (broad SMARTS) is 1. The second-order valence-corrected chi connectivity index (χ2v) is 2.68. The van der Waals surface area contributed by atoms with E-state index in [0.717, 1.165) is 0 Å².